The maximum atomic E-state index is 12.4. The molecule has 0 bridgehead atoms. The number of fused-ring (bicyclic) bond motifs is 5. The topological polar surface area (TPSA) is 135 Å². The molecule has 39 heavy (non-hydrogen) atoms. The molecule has 0 aromatic carbocycles. The molecular formula is C30H46O9. The average molecular weight is 551 g/mol. The summed E-state index contributed by atoms with van der Waals surface area (Å²) in [5.74, 6) is 0.260. The Bertz CT molecular complexity index is 1000. The van der Waals surface area contributed by atoms with Gasteiger partial charge in [-0.3, -0.25) is 0 Å². The van der Waals surface area contributed by atoms with Crippen LogP contribution in [-0.4, -0.2) is 88.6 Å². The van der Waals surface area contributed by atoms with Crippen molar-refractivity contribution in [3.63, 3.8) is 0 Å². The van der Waals surface area contributed by atoms with Crippen LogP contribution in [0, 0.1) is 34.5 Å². The Kier molecular flexibility index (Phi) is 7.02. The van der Waals surface area contributed by atoms with Crippen molar-refractivity contribution in [1.29, 1.82) is 0 Å². The predicted octanol–water partition coefficient (Wildman–Crippen LogP) is 2.08. The molecule has 4 N–H and O–H groups in total. The lowest BCUT2D eigenvalue weighted by molar-refractivity contribution is -0.313. The molecule has 5 fully saturated rings. The SMILES string of the molecule is CO[C@H]1[C@H](O)[C@H](O[C@H]2CC[C@@]3(C)[C@H](CC[C@@H]4[C@@H]3CC[C@]3(C)[C@@H](C5=CC(=O)OC5)[C@H](O)C[C@]43O)C2)O[C@@H](C)[C@H]1O. The molecule has 1 saturated heterocycles. The number of aliphatic hydroxyl groups is 4. The van der Waals surface area contributed by atoms with E-state index in [1.54, 1.807) is 6.92 Å². The second-order valence-electron chi connectivity index (χ2n) is 13.9. The summed E-state index contributed by atoms with van der Waals surface area (Å²) in [7, 11) is 1.48. The minimum atomic E-state index is -1.06. The van der Waals surface area contributed by atoms with Crippen LogP contribution in [0.3, 0.4) is 0 Å². The first-order valence-corrected chi connectivity index (χ1v) is 14.9. The van der Waals surface area contributed by atoms with Gasteiger partial charge in [0.05, 0.1) is 23.9 Å². The number of esters is 1. The molecule has 9 nitrogen and oxygen atoms in total. The molecule has 4 saturated carbocycles. The summed E-state index contributed by atoms with van der Waals surface area (Å²) in [5.41, 5.74) is -0.601. The summed E-state index contributed by atoms with van der Waals surface area (Å²) in [6, 6.07) is 0. The second-order valence-corrected chi connectivity index (χ2v) is 13.9. The summed E-state index contributed by atoms with van der Waals surface area (Å²) >= 11 is 0. The van der Waals surface area contributed by atoms with Gasteiger partial charge in [-0.25, -0.2) is 4.79 Å². The third-order valence-corrected chi connectivity index (χ3v) is 12.3. The highest BCUT2D eigenvalue weighted by Crippen LogP contribution is 2.70. The van der Waals surface area contributed by atoms with E-state index in [2.05, 4.69) is 13.8 Å². The third kappa shape index (κ3) is 4.09. The van der Waals surface area contributed by atoms with Crippen molar-refractivity contribution in [3.8, 4) is 0 Å². The summed E-state index contributed by atoms with van der Waals surface area (Å²) < 4.78 is 22.7. The van der Waals surface area contributed by atoms with Crippen molar-refractivity contribution in [2.45, 2.75) is 121 Å². The van der Waals surface area contributed by atoms with Crippen molar-refractivity contribution in [2.24, 2.45) is 34.5 Å². The van der Waals surface area contributed by atoms with E-state index in [4.69, 9.17) is 18.9 Å². The Balaban J connectivity index is 1.17. The van der Waals surface area contributed by atoms with E-state index >= 15 is 0 Å². The number of carbonyl (C=O) groups excluding carboxylic acids is 1. The zero-order valence-electron chi connectivity index (χ0n) is 23.6. The van der Waals surface area contributed by atoms with Gasteiger partial charge in [0, 0.05) is 30.9 Å². The average Bonchev–Trinajstić information content (AvgIpc) is 3.39. The molecule has 14 atom stereocenters. The molecule has 2 heterocycles. The van der Waals surface area contributed by atoms with Gasteiger partial charge in [-0.1, -0.05) is 13.8 Å². The zero-order chi connectivity index (χ0) is 27.9. The number of methoxy groups -OCH3 is 1. The highest BCUT2D eigenvalue weighted by Gasteiger charge is 2.70. The number of hydrogen-bond donors (Lipinski definition) is 4. The fourth-order valence-corrected chi connectivity index (χ4v) is 10.2. The second kappa shape index (κ2) is 9.75. The molecule has 0 unspecified atom stereocenters. The van der Waals surface area contributed by atoms with Crippen molar-refractivity contribution in [1.82, 2.24) is 0 Å². The third-order valence-electron chi connectivity index (χ3n) is 12.3. The summed E-state index contributed by atoms with van der Waals surface area (Å²) in [4.78, 5) is 11.8. The number of carbonyl (C=O) groups is 1. The fourth-order valence-electron chi connectivity index (χ4n) is 10.2. The quantitative estimate of drug-likeness (QED) is 0.307. The number of ether oxygens (including phenoxy) is 4. The fraction of sp³-hybridized carbons (Fsp3) is 0.900. The summed E-state index contributed by atoms with van der Waals surface area (Å²) in [6.45, 7) is 6.48. The zero-order valence-corrected chi connectivity index (χ0v) is 23.6. The summed E-state index contributed by atoms with van der Waals surface area (Å²) in [5, 5.41) is 44.7. The van der Waals surface area contributed by atoms with Gasteiger partial charge in [0.15, 0.2) is 6.29 Å². The van der Waals surface area contributed by atoms with E-state index in [0.717, 1.165) is 50.5 Å². The molecular weight excluding hydrogens is 504 g/mol. The van der Waals surface area contributed by atoms with Crippen LogP contribution in [0.25, 0.3) is 0 Å². The lowest BCUT2D eigenvalue weighted by Gasteiger charge is -2.63. The largest absolute Gasteiger partial charge is 0.458 e. The van der Waals surface area contributed by atoms with Crippen LogP contribution in [0.4, 0.5) is 0 Å². The maximum absolute atomic E-state index is 12.4. The van der Waals surface area contributed by atoms with Crippen molar-refractivity contribution < 1.29 is 44.2 Å². The lowest BCUT2D eigenvalue weighted by atomic mass is 9.43. The number of rotatable bonds is 4. The number of cyclic esters (lactones) is 1. The first-order valence-electron chi connectivity index (χ1n) is 14.9. The van der Waals surface area contributed by atoms with Crippen LogP contribution in [-0.2, 0) is 23.7 Å². The van der Waals surface area contributed by atoms with Gasteiger partial charge in [-0.15, -0.1) is 0 Å². The number of aliphatic hydroxyl groups excluding tert-OH is 3. The van der Waals surface area contributed by atoms with E-state index in [0.29, 0.717) is 18.3 Å². The van der Waals surface area contributed by atoms with Crippen LogP contribution >= 0.6 is 0 Å². The molecule has 0 spiro atoms. The summed E-state index contributed by atoms with van der Waals surface area (Å²) in [6.07, 6.45) is 3.40. The Labute approximate surface area is 230 Å². The molecule has 220 valence electrons. The van der Waals surface area contributed by atoms with Gasteiger partial charge in [-0.05, 0) is 80.6 Å². The predicted molar refractivity (Wildman–Crippen MR) is 139 cm³/mol. The van der Waals surface area contributed by atoms with Gasteiger partial charge in [0.1, 0.15) is 24.9 Å². The highest BCUT2D eigenvalue weighted by atomic mass is 16.7. The molecule has 6 aliphatic rings. The normalized spacial score (nSPS) is 55.3. The molecule has 2 aliphatic heterocycles. The minimum Gasteiger partial charge on any atom is -0.458 e. The Morgan fingerprint density at radius 2 is 1.79 bits per heavy atom. The van der Waals surface area contributed by atoms with E-state index in [1.807, 2.05) is 0 Å². The Morgan fingerprint density at radius 1 is 1.03 bits per heavy atom. The highest BCUT2D eigenvalue weighted by molar-refractivity contribution is 5.85. The van der Waals surface area contributed by atoms with Crippen LogP contribution in [0.1, 0.15) is 72.1 Å². The van der Waals surface area contributed by atoms with Gasteiger partial charge in [-0.2, -0.15) is 0 Å². The van der Waals surface area contributed by atoms with Gasteiger partial charge in [0.2, 0.25) is 0 Å². The van der Waals surface area contributed by atoms with E-state index in [1.165, 1.54) is 13.2 Å². The van der Waals surface area contributed by atoms with E-state index < -0.39 is 47.8 Å². The van der Waals surface area contributed by atoms with Crippen molar-refractivity contribution in [2.75, 3.05) is 13.7 Å². The van der Waals surface area contributed by atoms with Crippen molar-refractivity contribution >= 4 is 5.97 Å². The first kappa shape index (κ1) is 28.1. The molecule has 9 heteroatoms. The molecule has 0 aromatic rings. The molecule has 0 radical (unpaired) electrons. The molecule has 0 aromatic heterocycles. The monoisotopic (exact) mass is 550 g/mol. The van der Waals surface area contributed by atoms with Gasteiger partial charge >= 0.3 is 5.97 Å². The Hall–Kier alpha value is -1.07. The van der Waals surface area contributed by atoms with Crippen molar-refractivity contribution in [3.05, 3.63) is 11.6 Å². The van der Waals surface area contributed by atoms with E-state index in [-0.39, 0.29) is 35.9 Å². The Morgan fingerprint density at radius 3 is 2.49 bits per heavy atom. The minimum absolute atomic E-state index is 0.0547. The maximum Gasteiger partial charge on any atom is 0.331 e. The van der Waals surface area contributed by atoms with Crippen LogP contribution in [0.2, 0.25) is 0 Å². The number of hydrogen-bond acceptors (Lipinski definition) is 9. The van der Waals surface area contributed by atoms with Crippen LogP contribution in [0.15, 0.2) is 11.6 Å². The van der Waals surface area contributed by atoms with E-state index in [9.17, 15) is 25.2 Å². The van der Waals surface area contributed by atoms with Gasteiger partial charge < -0.3 is 39.4 Å². The van der Waals surface area contributed by atoms with Gasteiger partial charge in [0.25, 0.3) is 0 Å². The van der Waals surface area contributed by atoms with Crippen LogP contribution in [0.5, 0.6) is 0 Å². The smallest absolute Gasteiger partial charge is 0.331 e. The molecule has 6 rings (SSSR count). The standard InChI is InChI=1S/C30H46O9/c1-15-24(33)26(36-4)25(34)27(38-15)39-18-7-9-28(2)17(12-18)5-6-20-19(28)8-10-29(3)23(16-11-22(32)37-14-16)21(31)13-30(20,29)35/h11,15,17-21,23-27,31,33-35H,5-10,12-14H2,1-4H3/t15-,17+,18-,19-,20+,21+,23-,24+,25-,26+,27-,28-,29+,30-/m0/s1. The van der Waals surface area contributed by atoms with Crippen LogP contribution < -0.4 is 0 Å². The first-order chi connectivity index (χ1) is 18.4. The molecule has 0 amide bonds. The lowest BCUT2D eigenvalue weighted by Crippen LogP contribution is -2.62. The molecule has 4 aliphatic carbocycles.